The average Bonchev–Trinajstić information content (AvgIpc) is 2.52. The van der Waals surface area contributed by atoms with E-state index in [-0.39, 0.29) is 6.54 Å². The van der Waals surface area contributed by atoms with E-state index in [1.165, 1.54) is 0 Å². The van der Waals surface area contributed by atoms with Crippen LogP contribution in [0.4, 0.5) is 4.79 Å². The summed E-state index contributed by atoms with van der Waals surface area (Å²) in [6.07, 6.45) is -1.59. The molecule has 21 heavy (non-hydrogen) atoms. The Kier molecular flexibility index (Phi) is 5.19. The Bertz CT molecular complexity index is 653. The van der Waals surface area contributed by atoms with Gasteiger partial charge in [-0.25, -0.2) is 4.79 Å². The maximum Gasteiger partial charge on any atom is 0.409 e. The number of nitrogens with zero attached hydrogens (tertiary/aromatic N) is 1. The van der Waals surface area contributed by atoms with Crippen LogP contribution in [0.25, 0.3) is 0 Å². The van der Waals surface area contributed by atoms with E-state index in [9.17, 15) is 4.79 Å². The fourth-order valence-corrected chi connectivity index (χ4v) is 1.96. The largest absolute Gasteiger partial charge is 0.426 e. The van der Waals surface area contributed by atoms with Crippen molar-refractivity contribution >= 4 is 17.7 Å². The van der Waals surface area contributed by atoms with E-state index in [2.05, 4.69) is 5.32 Å². The maximum atomic E-state index is 11.7. The number of hydrogen-bond donors (Lipinski definition) is 1. The number of benzene rings is 2. The molecule has 2 aromatic carbocycles. The van der Waals surface area contributed by atoms with Gasteiger partial charge in [0.2, 0.25) is 6.10 Å². The highest BCUT2D eigenvalue weighted by molar-refractivity contribution is 6.31. The molecular weight excluding hydrogens is 288 g/mol. The first-order chi connectivity index (χ1) is 10.2. The van der Waals surface area contributed by atoms with Gasteiger partial charge in [0, 0.05) is 17.1 Å². The van der Waals surface area contributed by atoms with E-state index in [1.807, 2.05) is 30.3 Å². The predicted octanol–water partition coefficient (Wildman–Crippen LogP) is 3.83. The number of nitriles is 1. The van der Waals surface area contributed by atoms with Crippen LogP contribution < -0.4 is 5.32 Å². The van der Waals surface area contributed by atoms with Gasteiger partial charge in [-0.1, -0.05) is 60.1 Å². The number of carbonyl (C=O) groups excluding carboxylic acids is 1. The molecule has 0 aromatic heterocycles. The molecule has 0 fully saturated rings. The van der Waals surface area contributed by atoms with Gasteiger partial charge in [-0.2, -0.15) is 5.26 Å². The van der Waals surface area contributed by atoms with Gasteiger partial charge in [0.1, 0.15) is 6.07 Å². The van der Waals surface area contributed by atoms with Crippen LogP contribution in [0.2, 0.25) is 5.02 Å². The summed E-state index contributed by atoms with van der Waals surface area (Å²) >= 11 is 5.99. The quantitative estimate of drug-likeness (QED) is 0.933. The molecule has 5 heteroatoms. The van der Waals surface area contributed by atoms with Gasteiger partial charge in [-0.3, -0.25) is 0 Å². The second-order valence-corrected chi connectivity index (χ2v) is 4.68. The van der Waals surface area contributed by atoms with Crippen LogP contribution in [-0.2, 0) is 11.3 Å². The van der Waals surface area contributed by atoms with Crippen molar-refractivity contribution in [1.82, 2.24) is 5.32 Å². The van der Waals surface area contributed by atoms with Gasteiger partial charge in [0.05, 0.1) is 0 Å². The minimum Gasteiger partial charge on any atom is -0.426 e. The lowest BCUT2D eigenvalue weighted by molar-refractivity contribution is 0.122. The zero-order valence-corrected chi connectivity index (χ0v) is 11.9. The molecule has 1 unspecified atom stereocenters. The van der Waals surface area contributed by atoms with Crippen LogP contribution in [0, 0.1) is 11.3 Å². The number of ether oxygens (including phenoxy) is 1. The van der Waals surface area contributed by atoms with E-state index < -0.39 is 12.2 Å². The van der Waals surface area contributed by atoms with E-state index in [0.717, 1.165) is 5.56 Å². The third-order valence-corrected chi connectivity index (χ3v) is 3.19. The van der Waals surface area contributed by atoms with E-state index in [0.29, 0.717) is 10.6 Å². The number of nitrogens with one attached hydrogen (secondary N) is 1. The highest BCUT2D eigenvalue weighted by Crippen LogP contribution is 2.17. The predicted molar refractivity (Wildman–Crippen MR) is 79.6 cm³/mol. The molecule has 1 amide bonds. The molecule has 0 aliphatic carbocycles. The highest BCUT2D eigenvalue weighted by Gasteiger charge is 2.15. The summed E-state index contributed by atoms with van der Waals surface area (Å²) in [6, 6.07) is 18.0. The van der Waals surface area contributed by atoms with Crippen molar-refractivity contribution in [1.29, 1.82) is 5.26 Å². The molecule has 0 heterocycles. The Morgan fingerprint density at radius 1 is 1.19 bits per heavy atom. The van der Waals surface area contributed by atoms with Gasteiger partial charge >= 0.3 is 6.09 Å². The maximum absolute atomic E-state index is 11.7. The van der Waals surface area contributed by atoms with Crippen molar-refractivity contribution in [3.63, 3.8) is 0 Å². The van der Waals surface area contributed by atoms with Gasteiger partial charge in [-0.15, -0.1) is 0 Å². The van der Waals surface area contributed by atoms with E-state index in [1.54, 1.807) is 30.3 Å². The summed E-state index contributed by atoms with van der Waals surface area (Å²) in [5, 5.41) is 12.2. The summed E-state index contributed by atoms with van der Waals surface area (Å²) in [6.45, 7) is 0.242. The van der Waals surface area contributed by atoms with Crippen LogP contribution in [0.15, 0.2) is 54.6 Å². The lowest BCUT2D eigenvalue weighted by Crippen LogP contribution is -2.25. The molecule has 2 aromatic rings. The van der Waals surface area contributed by atoms with Crippen molar-refractivity contribution in [2.24, 2.45) is 0 Å². The number of carbonyl (C=O) groups is 1. The molecule has 4 nitrogen and oxygen atoms in total. The van der Waals surface area contributed by atoms with E-state index >= 15 is 0 Å². The van der Waals surface area contributed by atoms with Gasteiger partial charge in [0.25, 0.3) is 0 Å². The van der Waals surface area contributed by atoms with Crippen molar-refractivity contribution in [2.75, 3.05) is 0 Å². The van der Waals surface area contributed by atoms with Crippen LogP contribution in [0.1, 0.15) is 17.2 Å². The van der Waals surface area contributed by atoms with Gasteiger partial charge < -0.3 is 10.1 Å². The average molecular weight is 301 g/mol. The summed E-state index contributed by atoms with van der Waals surface area (Å²) in [4.78, 5) is 11.7. The van der Waals surface area contributed by atoms with Crippen LogP contribution in [0.3, 0.4) is 0 Å². The minimum atomic E-state index is -0.933. The molecule has 106 valence electrons. The lowest BCUT2D eigenvalue weighted by atomic mass is 10.1. The van der Waals surface area contributed by atoms with Gasteiger partial charge in [-0.05, 0) is 11.6 Å². The summed E-state index contributed by atoms with van der Waals surface area (Å²) in [5.41, 5.74) is 1.41. The SMILES string of the molecule is N#CC(OC(=O)NCc1ccccc1Cl)c1ccccc1. The molecule has 2 rings (SSSR count). The zero-order chi connectivity index (χ0) is 15.1. The van der Waals surface area contributed by atoms with Crippen LogP contribution >= 0.6 is 11.6 Å². The first-order valence-electron chi connectivity index (χ1n) is 6.33. The first-order valence-corrected chi connectivity index (χ1v) is 6.71. The molecule has 0 aliphatic rings. The number of hydrogen-bond acceptors (Lipinski definition) is 3. The van der Waals surface area contributed by atoms with Crippen molar-refractivity contribution in [3.8, 4) is 6.07 Å². The number of rotatable bonds is 4. The fraction of sp³-hybridized carbons (Fsp3) is 0.125. The van der Waals surface area contributed by atoms with Crippen LogP contribution in [-0.4, -0.2) is 6.09 Å². The van der Waals surface area contributed by atoms with E-state index in [4.69, 9.17) is 21.6 Å². The Morgan fingerprint density at radius 2 is 1.86 bits per heavy atom. The monoisotopic (exact) mass is 300 g/mol. The number of halogens is 1. The normalized spacial score (nSPS) is 11.2. The summed E-state index contributed by atoms with van der Waals surface area (Å²) < 4.78 is 5.09. The third kappa shape index (κ3) is 4.23. The van der Waals surface area contributed by atoms with Crippen molar-refractivity contribution in [2.45, 2.75) is 12.6 Å². The smallest absolute Gasteiger partial charge is 0.409 e. The molecule has 1 N–H and O–H groups in total. The second-order valence-electron chi connectivity index (χ2n) is 4.27. The molecule has 0 radical (unpaired) electrons. The van der Waals surface area contributed by atoms with Crippen LogP contribution in [0.5, 0.6) is 0 Å². The standard InChI is InChI=1S/C16H13ClN2O2/c17-14-9-5-4-8-13(14)11-19-16(20)21-15(10-18)12-6-2-1-3-7-12/h1-9,15H,11H2,(H,19,20). The topological polar surface area (TPSA) is 62.1 Å². The van der Waals surface area contributed by atoms with Crippen molar-refractivity contribution < 1.29 is 9.53 Å². The molecule has 0 saturated carbocycles. The summed E-state index contributed by atoms with van der Waals surface area (Å²) in [7, 11) is 0. The number of amides is 1. The second kappa shape index (κ2) is 7.32. The number of alkyl carbamates (subject to hydrolysis) is 1. The Labute approximate surface area is 127 Å². The minimum absolute atomic E-state index is 0.242. The molecule has 0 aliphatic heterocycles. The first kappa shape index (κ1) is 14.9. The Balaban J connectivity index is 1.92. The third-order valence-electron chi connectivity index (χ3n) is 2.83. The molecule has 0 bridgehead atoms. The Hall–Kier alpha value is -2.51. The lowest BCUT2D eigenvalue weighted by Gasteiger charge is -2.12. The summed E-state index contributed by atoms with van der Waals surface area (Å²) in [5.74, 6) is 0. The molecule has 0 saturated heterocycles. The highest BCUT2D eigenvalue weighted by atomic mass is 35.5. The fourth-order valence-electron chi connectivity index (χ4n) is 1.75. The Morgan fingerprint density at radius 3 is 2.52 bits per heavy atom. The molecular formula is C16H13ClN2O2. The zero-order valence-electron chi connectivity index (χ0n) is 11.1. The molecule has 0 spiro atoms. The van der Waals surface area contributed by atoms with Gasteiger partial charge in [0.15, 0.2) is 0 Å². The van der Waals surface area contributed by atoms with Crippen molar-refractivity contribution in [3.05, 3.63) is 70.7 Å². The molecule has 1 atom stereocenters.